The van der Waals surface area contributed by atoms with Crippen LogP contribution in [0.25, 0.3) is 0 Å². The van der Waals surface area contributed by atoms with Crippen molar-refractivity contribution in [2.45, 2.75) is 70.9 Å². The summed E-state index contributed by atoms with van der Waals surface area (Å²) in [7, 11) is 6.66. The molecule has 1 rings (SSSR count). The molecule has 1 unspecified atom stereocenters. The number of hydrogen-bond donors (Lipinski definition) is 1. The molecular formula is C16H34N2. The van der Waals surface area contributed by atoms with Gasteiger partial charge in [0, 0.05) is 11.6 Å². The highest BCUT2D eigenvalue weighted by Gasteiger charge is 2.41. The normalized spacial score (nSPS) is 27.5. The van der Waals surface area contributed by atoms with E-state index in [0.29, 0.717) is 11.6 Å². The van der Waals surface area contributed by atoms with Crippen LogP contribution in [-0.4, -0.2) is 37.6 Å². The Kier molecular flexibility index (Phi) is 6.13. The summed E-state index contributed by atoms with van der Waals surface area (Å²) in [5, 5.41) is 3.67. The molecule has 1 aliphatic carbocycles. The molecule has 1 atom stereocenters. The summed E-state index contributed by atoms with van der Waals surface area (Å²) in [6, 6.07) is 0.634. The first-order valence-electron chi connectivity index (χ1n) is 7.86. The molecule has 1 aliphatic rings. The molecule has 1 saturated carbocycles. The van der Waals surface area contributed by atoms with E-state index in [1.54, 1.807) is 0 Å². The quantitative estimate of drug-likeness (QED) is 0.780. The largest absolute Gasteiger partial charge is 0.315 e. The van der Waals surface area contributed by atoms with Gasteiger partial charge >= 0.3 is 0 Å². The van der Waals surface area contributed by atoms with Crippen LogP contribution in [0.5, 0.6) is 0 Å². The summed E-state index contributed by atoms with van der Waals surface area (Å²) in [4.78, 5) is 2.46. The van der Waals surface area contributed by atoms with Crippen molar-refractivity contribution in [1.82, 2.24) is 10.2 Å². The van der Waals surface area contributed by atoms with Crippen molar-refractivity contribution in [3.8, 4) is 0 Å². The second-order valence-electron chi connectivity index (χ2n) is 6.49. The van der Waals surface area contributed by atoms with Crippen LogP contribution in [0.3, 0.4) is 0 Å². The maximum absolute atomic E-state index is 3.67. The zero-order valence-corrected chi connectivity index (χ0v) is 13.4. The van der Waals surface area contributed by atoms with E-state index in [1.165, 1.54) is 38.5 Å². The first kappa shape index (κ1) is 16.0. The lowest BCUT2D eigenvalue weighted by Gasteiger charge is -2.49. The Morgan fingerprint density at radius 2 is 1.61 bits per heavy atom. The second-order valence-corrected chi connectivity index (χ2v) is 6.49. The highest BCUT2D eigenvalue weighted by atomic mass is 15.2. The molecule has 0 aliphatic heterocycles. The zero-order valence-electron chi connectivity index (χ0n) is 13.4. The minimum Gasteiger partial charge on any atom is -0.315 e. The predicted molar refractivity (Wildman–Crippen MR) is 81.0 cm³/mol. The molecule has 1 fully saturated rings. The lowest BCUT2D eigenvalue weighted by atomic mass is 9.70. The minimum atomic E-state index is 0.319. The molecule has 0 heterocycles. The smallest absolute Gasteiger partial charge is 0.0353 e. The van der Waals surface area contributed by atoms with Crippen LogP contribution in [0.2, 0.25) is 0 Å². The molecule has 18 heavy (non-hydrogen) atoms. The molecule has 0 bridgehead atoms. The summed E-state index contributed by atoms with van der Waals surface area (Å²) in [5.41, 5.74) is 0.319. The van der Waals surface area contributed by atoms with Gasteiger partial charge in [-0.05, 0) is 58.7 Å². The fourth-order valence-electron chi connectivity index (χ4n) is 4.16. The third kappa shape index (κ3) is 3.08. The predicted octanol–water partition coefficient (Wildman–Crippen LogP) is 3.52. The molecule has 0 aromatic carbocycles. The van der Waals surface area contributed by atoms with E-state index >= 15 is 0 Å². The minimum absolute atomic E-state index is 0.319. The van der Waals surface area contributed by atoms with E-state index in [4.69, 9.17) is 0 Å². The fourth-order valence-corrected chi connectivity index (χ4v) is 4.16. The van der Waals surface area contributed by atoms with Gasteiger partial charge in [0.15, 0.2) is 0 Å². The van der Waals surface area contributed by atoms with Crippen LogP contribution < -0.4 is 5.32 Å². The Morgan fingerprint density at radius 1 is 1.11 bits per heavy atom. The number of hydrogen-bond acceptors (Lipinski definition) is 2. The highest BCUT2D eigenvalue weighted by molar-refractivity contribution is 5.00. The molecule has 0 aromatic heterocycles. The van der Waals surface area contributed by atoms with Crippen molar-refractivity contribution < 1.29 is 0 Å². The molecule has 1 N–H and O–H groups in total. The number of nitrogens with one attached hydrogen (secondary N) is 1. The fraction of sp³-hybridized carbons (Fsp3) is 1.00. The van der Waals surface area contributed by atoms with E-state index in [9.17, 15) is 0 Å². The number of likely N-dealkylation sites (N-methyl/N-ethyl adjacent to an activating group) is 2. The van der Waals surface area contributed by atoms with E-state index in [0.717, 1.165) is 11.8 Å². The molecule has 0 amide bonds. The SMILES string of the molecule is CCC(CC)(C(NC)C1CCC(C)CC1)N(C)C. The van der Waals surface area contributed by atoms with Gasteiger partial charge in [0.1, 0.15) is 0 Å². The van der Waals surface area contributed by atoms with Gasteiger partial charge in [0.05, 0.1) is 0 Å². The van der Waals surface area contributed by atoms with Gasteiger partial charge in [-0.1, -0.05) is 33.6 Å². The van der Waals surface area contributed by atoms with Gasteiger partial charge in [-0.3, -0.25) is 0 Å². The topological polar surface area (TPSA) is 15.3 Å². The van der Waals surface area contributed by atoms with Crippen LogP contribution in [0.1, 0.15) is 59.3 Å². The second kappa shape index (κ2) is 6.91. The summed E-state index contributed by atoms with van der Waals surface area (Å²) in [6.07, 6.45) is 8.10. The molecule has 0 spiro atoms. The Balaban J connectivity index is 2.85. The van der Waals surface area contributed by atoms with Crippen molar-refractivity contribution in [3.05, 3.63) is 0 Å². The van der Waals surface area contributed by atoms with Crippen molar-refractivity contribution in [3.63, 3.8) is 0 Å². The van der Waals surface area contributed by atoms with Crippen LogP contribution in [0, 0.1) is 11.8 Å². The average molecular weight is 254 g/mol. The number of nitrogens with zero attached hydrogens (tertiary/aromatic N) is 1. The van der Waals surface area contributed by atoms with Gasteiger partial charge in [-0.15, -0.1) is 0 Å². The van der Waals surface area contributed by atoms with Crippen LogP contribution >= 0.6 is 0 Å². The maximum Gasteiger partial charge on any atom is 0.0353 e. The molecule has 2 nitrogen and oxygen atoms in total. The lowest BCUT2D eigenvalue weighted by molar-refractivity contribution is 0.0480. The van der Waals surface area contributed by atoms with Crippen molar-refractivity contribution in [1.29, 1.82) is 0 Å². The van der Waals surface area contributed by atoms with E-state index in [2.05, 4.69) is 52.1 Å². The zero-order chi connectivity index (χ0) is 13.8. The van der Waals surface area contributed by atoms with Gasteiger partial charge in [0.2, 0.25) is 0 Å². The Hall–Kier alpha value is -0.0800. The van der Waals surface area contributed by atoms with Crippen molar-refractivity contribution >= 4 is 0 Å². The summed E-state index contributed by atoms with van der Waals surface area (Å²) in [6.45, 7) is 7.10. The first-order valence-corrected chi connectivity index (χ1v) is 7.86. The third-order valence-corrected chi connectivity index (χ3v) is 5.54. The summed E-state index contributed by atoms with van der Waals surface area (Å²) < 4.78 is 0. The van der Waals surface area contributed by atoms with E-state index < -0.39 is 0 Å². The molecule has 0 radical (unpaired) electrons. The molecule has 2 heteroatoms. The Bertz CT molecular complexity index is 225. The van der Waals surface area contributed by atoms with Crippen molar-refractivity contribution in [2.24, 2.45) is 11.8 Å². The molecule has 0 aromatic rings. The van der Waals surface area contributed by atoms with Gasteiger partial charge in [-0.2, -0.15) is 0 Å². The van der Waals surface area contributed by atoms with Crippen LogP contribution in [0.15, 0.2) is 0 Å². The van der Waals surface area contributed by atoms with Crippen LogP contribution in [0.4, 0.5) is 0 Å². The molecule has 108 valence electrons. The van der Waals surface area contributed by atoms with Crippen molar-refractivity contribution in [2.75, 3.05) is 21.1 Å². The van der Waals surface area contributed by atoms with E-state index in [-0.39, 0.29) is 0 Å². The first-order chi connectivity index (χ1) is 8.51. The summed E-state index contributed by atoms with van der Waals surface area (Å²) >= 11 is 0. The Labute approximate surface area is 115 Å². The molecular weight excluding hydrogens is 220 g/mol. The highest BCUT2D eigenvalue weighted by Crippen LogP contribution is 2.38. The third-order valence-electron chi connectivity index (χ3n) is 5.54. The summed E-state index contributed by atoms with van der Waals surface area (Å²) in [5.74, 6) is 1.80. The monoisotopic (exact) mass is 254 g/mol. The maximum atomic E-state index is 3.67. The molecule has 0 saturated heterocycles. The standard InChI is InChI=1S/C16H34N2/c1-7-16(8-2,18(5)6)15(17-4)14-11-9-13(3)10-12-14/h13-15,17H,7-12H2,1-6H3. The van der Waals surface area contributed by atoms with Crippen LogP contribution in [-0.2, 0) is 0 Å². The average Bonchev–Trinajstić information content (AvgIpc) is 2.37. The Morgan fingerprint density at radius 3 is 1.94 bits per heavy atom. The van der Waals surface area contributed by atoms with Gasteiger partial charge in [0.25, 0.3) is 0 Å². The van der Waals surface area contributed by atoms with Gasteiger partial charge in [-0.25, -0.2) is 0 Å². The van der Waals surface area contributed by atoms with E-state index in [1.807, 2.05) is 0 Å². The number of rotatable bonds is 6. The lowest BCUT2D eigenvalue weighted by Crippen LogP contribution is -2.61. The van der Waals surface area contributed by atoms with Gasteiger partial charge < -0.3 is 10.2 Å².